The normalized spacial score (nSPS) is 10.3. The zero-order valence-electron chi connectivity index (χ0n) is 10.2. The Hall–Kier alpha value is -2.37. The van der Waals surface area contributed by atoms with E-state index in [1.165, 1.54) is 0 Å². The first kappa shape index (κ1) is 13.1. The second kappa shape index (κ2) is 5.99. The highest BCUT2D eigenvalue weighted by Gasteiger charge is 2.10. The number of carbonyl (C=O) groups excluding carboxylic acids is 1. The van der Waals surface area contributed by atoms with Gasteiger partial charge in [0.05, 0.1) is 5.69 Å². The summed E-state index contributed by atoms with van der Waals surface area (Å²) in [6.07, 6.45) is -0.935. The number of para-hydroxylation sites is 2. The van der Waals surface area contributed by atoms with Crippen LogP contribution in [0.4, 0.5) is 5.69 Å². The molecule has 0 heterocycles. The summed E-state index contributed by atoms with van der Waals surface area (Å²) in [7, 11) is 0. The number of carbonyl (C=O) groups is 1. The molecule has 5 N–H and O–H groups in total. The van der Waals surface area contributed by atoms with Crippen molar-refractivity contribution in [2.45, 2.75) is 6.35 Å². The van der Waals surface area contributed by atoms with Crippen molar-refractivity contribution in [1.29, 1.82) is 0 Å². The average Bonchev–Trinajstić information content (AvgIpc) is 2.41. The van der Waals surface area contributed by atoms with Gasteiger partial charge in [-0.1, -0.05) is 30.3 Å². The molecular weight excluding hydrogens is 242 g/mol. The van der Waals surface area contributed by atoms with Crippen LogP contribution >= 0.6 is 0 Å². The van der Waals surface area contributed by atoms with Crippen molar-refractivity contribution in [1.82, 2.24) is 0 Å². The van der Waals surface area contributed by atoms with Crippen LogP contribution in [0.2, 0.25) is 0 Å². The summed E-state index contributed by atoms with van der Waals surface area (Å²) in [5.41, 5.74) is 11.8. The van der Waals surface area contributed by atoms with Crippen LogP contribution in [-0.4, -0.2) is 12.3 Å². The Balaban J connectivity index is 2.17. The second-order valence-electron chi connectivity index (χ2n) is 3.90. The monoisotopic (exact) mass is 257 g/mol. The highest BCUT2D eigenvalue weighted by Crippen LogP contribution is 2.24. The second-order valence-corrected chi connectivity index (χ2v) is 3.90. The first-order chi connectivity index (χ1) is 9.16. The molecule has 0 aromatic heterocycles. The Morgan fingerprint density at radius 1 is 1.00 bits per heavy atom. The maximum absolute atomic E-state index is 12.0. The van der Waals surface area contributed by atoms with Crippen LogP contribution < -0.4 is 21.5 Å². The summed E-state index contributed by atoms with van der Waals surface area (Å²) in [5, 5.41) is 2.76. The molecule has 5 heteroatoms. The molecule has 0 radical (unpaired) electrons. The Kier molecular flexibility index (Phi) is 4.12. The van der Waals surface area contributed by atoms with Crippen LogP contribution in [-0.2, 0) is 0 Å². The zero-order valence-corrected chi connectivity index (χ0v) is 10.2. The van der Waals surface area contributed by atoms with Crippen LogP contribution in [0, 0.1) is 0 Å². The largest absolute Gasteiger partial charge is 0.461 e. The molecule has 0 aliphatic rings. The number of amides is 1. The van der Waals surface area contributed by atoms with Gasteiger partial charge in [0.15, 0.2) is 0 Å². The summed E-state index contributed by atoms with van der Waals surface area (Å²) in [6, 6.07) is 15.9. The Morgan fingerprint density at radius 3 is 2.32 bits per heavy atom. The molecule has 98 valence electrons. The van der Waals surface area contributed by atoms with Crippen molar-refractivity contribution in [3.63, 3.8) is 0 Å². The van der Waals surface area contributed by atoms with Crippen LogP contribution in [0.15, 0.2) is 54.6 Å². The quantitative estimate of drug-likeness (QED) is 0.724. The van der Waals surface area contributed by atoms with E-state index >= 15 is 0 Å². The van der Waals surface area contributed by atoms with E-state index in [1.54, 1.807) is 48.5 Å². The molecule has 0 spiro atoms. The molecule has 2 rings (SSSR count). The van der Waals surface area contributed by atoms with Gasteiger partial charge in [-0.25, -0.2) is 0 Å². The number of nitrogens with two attached hydrogens (primary N) is 2. The van der Waals surface area contributed by atoms with E-state index in [1.807, 2.05) is 6.07 Å². The molecule has 19 heavy (non-hydrogen) atoms. The smallest absolute Gasteiger partial charge is 0.255 e. The standard InChI is InChI=1S/C14H15N3O2/c15-14(16)19-12-9-5-4-8-11(12)17-13(18)10-6-2-1-3-7-10/h1-9,14H,15-16H2,(H,17,18). The molecular formula is C14H15N3O2. The van der Waals surface area contributed by atoms with E-state index in [4.69, 9.17) is 16.2 Å². The fraction of sp³-hybridized carbons (Fsp3) is 0.0714. The molecule has 0 atom stereocenters. The van der Waals surface area contributed by atoms with E-state index in [2.05, 4.69) is 5.32 Å². The van der Waals surface area contributed by atoms with Gasteiger partial charge >= 0.3 is 0 Å². The molecule has 0 unspecified atom stereocenters. The molecule has 1 amide bonds. The lowest BCUT2D eigenvalue weighted by Gasteiger charge is -2.14. The molecule has 0 aliphatic heterocycles. The van der Waals surface area contributed by atoms with Crippen molar-refractivity contribution in [3.8, 4) is 5.75 Å². The topological polar surface area (TPSA) is 90.4 Å². The first-order valence-electron chi connectivity index (χ1n) is 5.80. The lowest BCUT2D eigenvalue weighted by molar-refractivity contribution is 0.102. The Morgan fingerprint density at radius 2 is 1.63 bits per heavy atom. The predicted octanol–water partition coefficient (Wildman–Crippen LogP) is 1.52. The van der Waals surface area contributed by atoms with Crippen LogP contribution in [0.25, 0.3) is 0 Å². The number of anilines is 1. The summed E-state index contributed by atoms with van der Waals surface area (Å²) in [4.78, 5) is 12.0. The Labute approximate surface area is 111 Å². The molecule has 2 aromatic carbocycles. The van der Waals surface area contributed by atoms with Gasteiger partial charge in [0.1, 0.15) is 5.75 Å². The van der Waals surface area contributed by atoms with Gasteiger partial charge in [-0.2, -0.15) is 0 Å². The molecule has 5 nitrogen and oxygen atoms in total. The van der Waals surface area contributed by atoms with Crippen LogP contribution in [0.3, 0.4) is 0 Å². The summed E-state index contributed by atoms with van der Waals surface area (Å²) >= 11 is 0. The van der Waals surface area contributed by atoms with E-state index in [9.17, 15) is 4.79 Å². The minimum atomic E-state index is -0.935. The average molecular weight is 257 g/mol. The number of hydrogen-bond donors (Lipinski definition) is 3. The van der Waals surface area contributed by atoms with E-state index < -0.39 is 6.35 Å². The fourth-order valence-corrected chi connectivity index (χ4v) is 1.60. The van der Waals surface area contributed by atoms with Gasteiger partial charge in [0, 0.05) is 5.56 Å². The Bertz CT molecular complexity index is 556. The van der Waals surface area contributed by atoms with Crippen molar-refractivity contribution in [2.75, 3.05) is 5.32 Å². The minimum Gasteiger partial charge on any atom is -0.461 e. The van der Waals surface area contributed by atoms with Gasteiger partial charge in [-0.05, 0) is 24.3 Å². The number of hydrogen-bond acceptors (Lipinski definition) is 4. The van der Waals surface area contributed by atoms with Gasteiger partial charge in [0.25, 0.3) is 5.91 Å². The lowest BCUT2D eigenvalue weighted by Crippen LogP contribution is -2.36. The van der Waals surface area contributed by atoms with E-state index in [0.29, 0.717) is 17.0 Å². The zero-order chi connectivity index (χ0) is 13.7. The van der Waals surface area contributed by atoms with Gasteiger partial charge in [-0.3, -0.25) is 16.3 Å². The molecule has 0 aliphatic carbocycles. The summed E-state index contributed by atoms with van der Waals surface area (Å²) in [5.74, 6) is 0.212. The highest BCUT2D eigenvalue weighted by molar-refractivity contribution is 6.04. The third-order valence-electron chi connectivity index (χ3n) is 2.43. The van der Waals surface area contributed by atoms with Gasteiger partial charge in [-0.15, -0.1) is 0 Å². The van der Waals surface area contributed by atoms with E-state index in [-0.39, 0.29) is 5.91 Å². The lowest BCUT2D eigenvalue weighted by atomic mass is 10.2. The molecule has 2 aromatic rings. The highest BCUT2D eigenvalue weighted by atomic mass is 16.5. The van der Waals surface area contributed by atoms with Crippen molar-refractivity contribution in [2.24, 2.45) is 11.5 Å². The first-order valence-corrected chi connectivity index (χ1v) is 5.80. The number of nitrogens with one attached hydrogen (secondary N) is 1. The maximum Gasteiger partial charge on any atom is 0.255 e. The number of rotatable bonds is 4. The molecule has 0 fully saturated rings. The third-order valence-corrected chi connectivity index (χ3v) is 2.43. The summed E-state index contributed by atoms with van der Waals surface area (Å²) < 4.78 is 5.22. The minimum absolute atomic E-state index is 0.220. The number of benzene rings is 2. The van der Waals surface area contributed by atoms with Gasteiger partial charge in [0.2, 0.25) is 6.35 Å². The molecule has 0 saturated carbocycles. The van der Waals surface area contributed by atoms with Gasteiger partial charge < -0.3 is 10.1 Å². The predicted molar refractivity (Wildman–Crippen MR) is 73.6 cm³/mol. The third kappa shape index (κ3) is 3.54. The number of ether oxygens (including phenoxy) is 1. The van der Waals surface area contributed by atoms with Crippen LogP contribution in [0.5, 0.6) is 5.75 Å². The fourth-order valence-electron chi connectivity index (χ4n) is 1.60. The molecule has 0 bridgehead atoms. The summed E-state index contributed by atoms with van der Waals surface area (Å²) in [6.45, 7) is 0. The van der Waals surface area contributed by atoms with Crippen molar-refractivity contribution >= 4 is 11.6 Å². The van der Waals surface area contributed by atoms with Crippen molar-refractivity contribution in [3.05, 3.63) is 60.2 Å². The molecule has 0 saturated heterocycles. The maximum atomic E-state index is 12.0. The van der Waals surface area contributed by atoms with Crippen molar-refractivity contribution < 1.29 is 9.53 Å². The SMILES string of the molecule is NC(N)Oc1ccccc1NC(=O)c1ccccc1. The van der Waals surface area contributed by atoms with E-state index in [0.717, 1.165) is 0 Å². The van der Waals surface area contributed by atoms with Crippen LogP contribution in [0.1, 0.15) is 10.4 Å².